The van der Waals surface area contributed by atoms with Crippen molar-refractivity contribution in [3.05, 3.63) is 63.7 Å². The topological polar surface area (TPSA) is 71.0 Å². The number of amides is 1. The van der Waals surface area contributed by atoms with E-state index in [4.69, 9.17) is 0 Å². The summed E-state index contributed by atoms with van der Waals surface area (Å²) < 4.78 is 1.34. The molecule has 4 rings (SSSR count). The van der Waals surface area contributed by atoms with Crippen LogP contribution in [-0.4, -0.2) is 32.1 Å². The smallest absolute Gasteiger partial charge is 0.270 e. The average Bonchev–Trinajstić information content (AvgIpc) is 2.99. The second kappa shape index (κ2) is 5.08. The Kier molecular flexibility index (Phi) is 3.04. The molecule has 1 aromatic carbocycles. The molecule has 0 saturated carbocycles. The van der Waals surface area contributed by atoms with Crippen molar-refractivity contribution in [3.63, 3.8) is 0 Å². The first-order valence-electron chi connectivity index (χ1n) is 7.55. The predicted octanol–water partition coefficient (Wildman–Crippen LogP) is 1.46. The molecule has 116 valence electrons. The highest BCUT2D eigenvalue weighted by Gasteiger charge is 2.24. The molecule has 0 spiro atoms. The number of nitrogens with zero attached hydrogens (tertiary/aromatic N) is 3. The second-order valence-corrected chi connectivity index (χ2v) is 5.83. The normalized spacial score (nSPS) is 14.0. The van der Waals surface area contributed by atoms with Gasteiger partial charge >= 0.3 is 0 Å². The van der Waals surface area contributed by atoms with E-state index in [0.29, 0.717) is 25.2 Å². The number of aromatic amines is 1. The van der Waals surface area contributed by atoms with Crippen LogP contribution in [0.15, 0.2) is 41.2 Å². The van der Waals surface area contributed by atoms with E-state index < -0.39 is 0 Å². The highest BCUT2D eigenvalue weighted by molar-refractivity contribution is 5.98. The molecule has 1 amide bonds. The zero-order valence-electron chi connectivity index (χ0n) is 12.7. The SMILES string of the molecule is Cn1nc2c(cc1=O)CN(C(=O)c1cc3ccccc3[nH]1)CC2. The van der Waals surface area contributed by atoms with Crippen LogP contribution < -0.4 is 5.56 Å². The molecule has 6 heteroatoms. The number of aryl methyl sites for hydroxylation is 1. The maximum atomic E-state index is 12.7. The summed E-state index contributed by atoms with van der Waals surface area (Å²) in [7, 11) is 1.64. The van der Waals surface area contributed by atoms with E-state index >= 15 is 0 Å². The molecule has 1 aliphatic heterocycles. The number of carbonyl (C=O) groups excluding carboxylic acids is 1. The van der Waals surface area contributed by atoms with Crippen LogP contribution in [0.1, 0.15) is 21.7 Å². The zero-order valence-corrected chi connectivity index (χ0v) is 12.7. The summed E-state index contributed by atoms with van der Waals surface area (Å²) in [6.45, 7) is 1.03. The molecule has 0 bridgehead atoms. The molecule has 6 nitrogen and oxygen atoms in total. The lowest BCUT2D eigenvalue weighted by atomic mass is 10.1. The lowest BCUT2D eigenvalue weighted by Crippen LogP contribution is -2.38. The number of hydrogen-bond donors (Lipinski definition) is 1. The number of carbonyl (C=O) groups is 1. The van der Waals surface area contributed by atoms with Gasteiger partial charge in [-0.1, -0.05) is 18.2 Å². The van der Waals surface area contributed by atoms with Crippen molar-refractivity contribution in [1.82, 2.24) is 19.7 Å². The minimum Gasteiger partial charge on any atom is -0.351 e. The van der Waals surface area contributed by atoms with Crippen LogP contribution in [0.25, 0.3) is 10.9 Å². The molecule has 1 N–H and O–H groups in total. The van der Waals surface area contributed by atoms with Crippen LogP contribution in [0.4, 0.5) is 0 Å². The Balaban J connectivity index is 1.64. The van der Waals surface area contributed by atoms with E-state index in [1.165, 1.54) is 4.68 Å². The molecule has 0 radical (unpaired) electrons. The Morgan fingerprint density at radius 2 is 2.09 bits per heavy atom. The number of aromatic nitrogens is 3. The molecule has 0 saturated heterocycles. The minimum atomic E-state index is -0.149. The fraction of sp³-hybridized carbons (Fsp3) is 0.235. The van der Waals surface area contributed by atoms with Gasteiger partial charge < -0.3 is 9.88 Å². The van der Waals surface area contributed by atoms with Gasteiger partial charge in [-0.15, -0.1) is 0 Å². The van der Waals surface area contributed by atoms with Crippen molar-refractivity contribution in [2.75, 3.05) is 6.54 Å². The van der Waals surface area contributed by atoms with Crippen molar-refractivity contribution >= 4 is 16.8 Å². The maximum absolute atomic E-state index is 12.7. The van der Waals surface area contributed by atoms with E-state index in [1.54, 1.807) is 18.0 Å². The Labute approximate surface area is 132 Å². The highest BCUT2D eigenvalue weighted by Crippen LogP contribution is 2.20. The molecule has 23 heavy (non-hydrogen) atoms. The maximum Gasteiger partial charge on any atom is 0.270 e. The van der Waals surface area contributed by atoms with Gasteiger partial charge in [0.25, 0.3) is 11.5 Å². The third-order valence-corrected chi connectivity index (χ3v) is 4.29. The quantitative estimate of drug-likeness (QED) is 0.740. The Morgan fingerprint density at radius 1 is 1.26 bits per heavy atom. The number of benzene rings is 1. The van der Waals surface area contributed by atoms with Gasteiger partial charge in [-0.25, -0.2) is 4.68 Å². The van der Waals surface area contributed by atoms with Crippen molar-refractivity contribution in [1.29, 1.82) is 0 Å². The van der Waals surface area contributed by atoms with Gasteiger partial charge in [-0.05, 0) is 12.1 Å². The van der Waals surface area contributed by atoms with Gasteiger partial charge in [0.2, 0.25) is 0 Å². The zero-order chi connectivity index (χ0) is 16.0. The van der Waals surface area contributed by atoms with Crippen LogP contribution >= 0.6 is 0 Å². The van der Waals surface area contributed by atoms with Crippen molar-refractivity contribution in [2.24, 2.45) is 7.05 Å². The molecule has 2 aromatic heterocycles. The molecule has 0 unspecified atom stereocenters. The fourth-order valence-corrected chi connectivity index (χ4v) is 3.03. The van der Waals surface area contributed by atoms with Crippen LogP contribution in [0.3, 0.4) is 0 Å². The van der Waals surface area contributed by atoms with Crippen molar-refractivity contribution in [2.45, 2.75) is 13.0 Å². The number of para-hydroxylation sites is 1. The van der Waals surface area contributed by atoms with E-state index in [1.807, 2.05) is 30.3 Å². The molecule has 3 aromatic rings. The lowest BCUT2D eigenvalue weighted by Gasteiger charge is -2.27. The summed E-state index contributed by atoms with van der Waals surface area (Å²) in [5, 5.41) is 5.29. The highest BCUT2D eigenvalue weighted by atomic mass is 16.2. The van der Waals surface area contributed by atoms with Crippen LogP contribution in [-0.2, 0) is 20.0 Å². The van der Waals surface area contributed by atoms with Crippen molar-refractivity contribution in [3.8, 4) is 0 Å². The summed E-state index contributed by atoms with van der Waals surface area (Å²) >= 11 is 0. The first-order chi connectivity index (χ1) is 11.1. The van der Waals surface area contributed by atoms with E-state index in [2.05, 4.69) is 10.1 Å². The summed E-state index contributed by atoms with van der Waals surface area (Å²) in [6, 6.07) is 11.3. The predicted molar refractivity (Wildman–Crippen MR) is 86.2 cm³/mol. The van der Waals surface area contributed by atoms with Gasteiger partial charge in [0.05, 0.1) is 5.69 Å². The molecular weight excluding hydrogens is 292 g/mol. The Hall–Kier alpha value is -2.89. The molecular formula is C17H16N4O2. The van der Waals surface area contributed by atoms with Crippen molar-refractivity contribution < 1.29 is 4.79 Å². The molecule has 0 atom stereocenters. The largest absolute Gasteiger partial charge is 0.351 e. The van der Waals surface area contributed by atoms with Gasteiger partial charge in [-0.3, -0.25) is 9.59 Å². The molecule has 0 aliphatic carbocycles. The minimum absolute atomic E-state index is 0.0486. The van der Waals surface area contributed by atoms with Gasteiger partial charge in [0.1, 0.15) is 5.69 Å². The van der Waals surface area contributed by atoms with Crippen LogP contribution in [0.2, 0.25) is 0 Å². The third kappa shape index (κ3) is 2.32. The number of fused-ring (bicyclic) bond motifs is 2. The summed E-state index contributed by atoms with van der Waals surface area (Å²) in [5.74, 6) is -0.0486. The summed E-state index contributed by atoms with van der Waals surface area (Å²) in [4.78, 5) is 29.4. The Morgan fingerprint density at radius 3 is 2.91 bits per heavy atom. The Bertz CT molecular complexity index is 937. The second-order valence-electron chi connectivity index (χ2n) is 5.83. The molecule has 0 fully saturated rings. The number of rotatable bonds is 1. The number of H-pyrrole nitrogens is 1. The van der Waals surface area contributed by atoms with Crippen LogP contribution in [0.5, 0.6) is 0 Å². The summed E-state index contributed by atoms with van der Waals surface area (Å²) in [6.07, 6.45) is 0.662. The molecule has 1 aliphatic rings. The molecule has 3 heterocycles. The van der Waals surface area contributed by atoms with E-state index in [9.17, 15) is 9.59 Å². The first kappa shape index (κ1) is 13.8. The number of nitrogens with one attached hydrogen (secondary N) is 1. The fourth-order valence-electron chi connectivity index (χ4n) is 3.03. The average molecular weight is 308 g/mol. The lowest BCUT2D eigenvalue weighted by molar-refractivity contribution is 0.0727. The standard InChI is InChI=1S/C17H16N4O2/c1-20-16(22)9-12-10-21(7-6-14(12)19-20)17(23)15-8-11-4-2-3-5-13(11)18-15/h2-5,8-9,18H,6-7,10H2,1H3. The van der Waals surface area contributed by atoms with Crippen LogP contribution in [0, 0.1) is 0 Å². The summed E-state index contributed by atoms with van der Waals surface area (Å²) in [5.41, 5.74) is 3.11. The number of hydrogen-bond acceptors (Lipinski definition) is 3. The van der Waals surface area contributed by atoms with Gasteiger partial charge in [0, 0.05) is 49.1 Å². The van der Waals surface area contributed by atoms with E-state index in [0.717, 1.165) is 22.2 Å². The monoisotopic (exact) mass is 308 g/mol. The first-order valence-corrected chi connectivity index (χ1v) is 7.55. The third-order valence-electron chi connectivity index (χ3n) is 4.29. The van der Waals surface area contributed by atoms with E-state index in [-0.39, 0.29) is 11.5 Å². The van der Waals surface area contributed by atoms with Gasteiger partial charge in [-0.2, -0.15) is 5.10 Å². The van der Waals surface area contributed by atoms with Gasteiger partial charge in [0.15, 0.2) is 0 Å².